The van der Waals surface area contributed by atoms with Crippen molar-refractivity contribution in [3.8, 4) is 11.1 Å². The van der Waals surface area contributed by atoms with Gasteiger partial charge in [0.05, 0.1) is 0 Å². The topological polar surface area (TPSA) is 42.9 Å². The molecule has 3 nitrogen and oxygen atoms in total. The predicted molar refractivity (Wildman–Crippen MR) is 52.8 cm³/mol. The van der Waals surface area contributed by atoms with Crippen LogP contribution in [0.3, 0.4) is 0 Å². The van der Waals surface area contributed by atoms with Gasteiger partial charge in [-0.15, -0.1) is 0 Å². The highest BCUT2D eigenvalue weighted by Crippen LogP contribution is 2.21. The second kappa shape index (κ2) is 3.96. The van der Waals surface area contributed by atoms with Gasteiger partial charge >= 0.3 is 0 Å². The minimum atomic E-state index is -0.389. The molecule has 0 N–H and O–H groups in total. The summed E-state index contributed by atoms with van der Waals surface area (Å²) in [6.07, 6.45) is 5.13. The molecular formula is C11H7FN2O. The molecule has 0 saturated heterocycles. The van der Waals surface area contributed by atoms with Crippen LogP contribution in [0.5, 0.6) is 0 Å². The number of nitrogens with zero attached hydrogens (tertiary/aromatic N) is 2. The minimum absolute atomic E-state index is 0.389. The van der Waals surface area contributed by atoms with E-state index in [0.717, 1.165) is 0 Å². The summed E-state index contributed by atoms with van der Waals surface area (Å²) in [5.41, 5.74) is 1.55. The van der Waals surface area contributed by atoms with Crippen molar-refractivity contribution in [1.29, 1.82) is 0 Å². The molecule has 0 atom stereocenters. The first-order chi connectivity index (χ1) is 7.31. The van der Waals surface area contributed by atoms with Gasteiger partial charge in [0.2, 0.25) is 0 Å². The molecule has 0 saturated carbocycles. The summed E-state index contributed by atoms with van der Waals surface area (Å²) in [5, 5.41) is 0. The van der Waals surface area contributed by atoms with Gasteiger partial charge in [-0.25, -0.2) is 14.4 Å². The Hall–Kier alpha value is -2.10. The van der Waals surface area contributed by atoms with Crippen molar-refractivity contribution in [3.05, 3.63) is 48.3 Å². The van der Waals surface area contributed by atoms with Crippen LogP contribution in [0.15, 0.2) is 36.9 Å². The lowest BCUT2D eigenvalue weighted by Crippen LogP contribution is -1.90. The molecule has 2 aromatic rings. The standard InChI is InChI=1S/C11H7FN2O/c12-10-2-1-8(6-15)11(3-10)9-4-13-7-14-5-9/h1-7H. The molecule has 1 heterocycles. The highest BCUT2D eigenvalue weighted by atomic mass is 19.1. The third-order valence-corrected chi connectivity index (χ3v) is 2.01. The molecule has 15 heavy (non-hydrogen) atoms. The van der Waals surface area contributed by atoms with Gasteiger partial charge in [0.15, 0.2) is 6.29 Å². The SMILES string of the molecule is O=Cc1ccc(F)cc1-c1cncnc1. The van der Waals surface area contributed by atoms with E-state index in [1.165, 1.54) is 36.9 Å². The maximum absolute atomic E-state index is 13.0. The first-order valence-electron chi connectivity index (χ1n) is 4.31. The fraction of sp³-hybridized carbons (Fsp3) is 0. The van der Waals surface area contributed by atoms with Crippen molar-refractivity contribution in [2.75, 3.05) is 0 Å². The van der Waals surface area contributed by atoms with E-state index in [1.807, 2.05) is 0 Å². The number of hydrogen-bond donors (Lipinski definition) is 0. The number of hydrogen-bond acceptors (Lipinski definition) is 3. The van der Waals surface area contributed by atoms with E-state index in [-0.39, 0.29) is 5.82 Å². The molecule has 0 fully saturated rings. The normalized spacial score (nSPS) is 9.93. The molecule has 1 aromatic carbocycles. The van der Waals surface area contributed by atoms with E-state index in [2.05, 4.69) is 9.97 Å². The maximum atomic E-state index is 13.0. The Morgan fingerprint density at radius 1 is 1.20 bits per heavy atom. The molecule has 0 aliphatic rings. The smallest absolute Gasteiger partial charge is 0.150 e. The molecule has 0 spiro atoms. The summed E-state index contributed by atoms with van der Waals surface area (Å²) in [6, 6.07) is 3.98. The number of rotatable bonds is 2. The fourth-order valence-corrected chi connectivity index (χ4v) is 1.32. The molecule has 0 aliphatic heterocycles. The van der Waals surface area contributed by atoms with E-state index >= 15 is 0 Å². The van der Waals surface area contributed by atoms with Gasteiger partial charge in [-0.1, -0.05) is 0 Å². The van der Waals surface area contributed by atoms with Gasteiger partial charge in [-0.05, 0) is 23.8 Å². The van der Waals surface area contributed by atoms with Gasteiger partial charge in [-0.2, -0.15) is 0 Å². The van der Waals surface area contributed by atoms with Gasteiger partial charge < -0.3 is 0 Å². The molecule has 4 heteroatoms. The van der Waals surface area contributed by atoms with Gasteiger partial charge in [0.25, 0.3) is 0 Å². The Morgan fingerprint density at radius 3 is 2.60 bits per heavy atom. The highest BCUT2D eigenvalue weighted by Gasteiger charge is 2.06. The molecule has 74 valence electrons. The van der Waals surface area contributed by atoms with Gasteiger partial charge in [0, 0.05) is 23.5 Å². The zero-order chi connectivity index (χ0) is 10.7. The van der Waals surface area contributed by atoms with Crippen LogP contribution >= 0.6 is 0 Å². The number of benzene rings is 1. The van der Waals surface area contributed by atoms with E-state index < -0.39 is 0 Å². The van der Waals surface area contributed by atoms with Crippen LogP contribution in [-0.4, -0.2) is 16.3 Å². The Labute approximate surface area is 85.6 Å². The molecule has 1 aromatic heterocycles. The summed E-state index contributed by atoms with van der Waals surface area (Å²) >= 11 is 0. The summed E-state index contributed by atoms with van der Waals surface area (Å²) in [6.45, 7) is 0. The van der Waals surface area contributed by atoms with Gasteiger partial charge in [0.1, 0.15) is 12.1 Å². The van der Waals surface area contributed by atoms with Crippen molar-refractivity contribution in [3.63, 3.8) is 0 Å². The number of halogens is 1. The first kappa shape index (κ1) is 9.45. The van der Waals surface area contributed by atoms with Crippen LogP contribution in [0, 0.1) is 5.82 Å². The van der Waals surface area contributed by atoms with Crippen molar-refractivity contribution in [2.24, 2.45) is 0 Å². The quantitative estimate of drug-likeness (QED) is 0.700. The zero-order valence-electron chi connectivity index (χ0n) is 7.72. The Bertz CT molecular complexity index is 485. The number of carbonyl (C=O) groups is 1. The van der Waals surface area contributed by atoms with Crippen molar-refractivity contribution < 1.29 is 9.18 Å². The Morgan fingerprint density at radius 2 is 1.93 bits per heavy atom. The number of aldehydes is 1. The first-order valence-corrected chi connectivity index (χ1v) is 4.31. The molecule has 0 radical (unpaired) electrons. The summed E-state index contributed by atoms with van der Waals surface area (Å²) in [7, 11) is 0. The van der Waals surface area contributed by atoms with E-state index in [1.54, 1.807) is 0 Å². The van der Waals surface area contributed by atoms with Crippen LogP contribution in [0.25, 0.3) is 11.1 Å². The van der Waals surface area contributed by atoms with Crippen LogP contribution in [-0.2, 0) is 0 Å². The average molecular weight is 202 g/mol. The summed E-state index contributed by atoms with van der Waals surface area (Å²) in [5.74, 6) is -0.389. The molecule has 0 unspecified atom stereocenters. The molecule has 0 amide bonds. The van der Waals surface area contributed by atoms with Crippen molar-refractivity contribution in [1.82, 2.24) is 9.97 Å². The molecule has 2 rings (SSSR count). The van der Waals surface area contributed by atoms with E-state index in [9.17, 15) is 9.18 Å². The third-order valence-electron chi connectivity index (χ3n) is 2.01. The summed E-state index contributed by atoms with van der Waals surface area (Å²) < 4.78 is 13.0. The van der Waals surface area contributed by atoms with E-state index in [0.29, 0.717) is 23.0 Å². The Balaban J connectivity index is 2.61. The lowest BCUT2D eigenvalue weighted by Gasteiger charge is -2.03. The average Bonchev–Trinajstić information content (AvgIpc) is 2.30. The van der Waals surface area contributed by atoms with Crippen molar-refractivity contribution >= 4 is 6.29 Å². The van der Waals surface area contributed by atoms with Gasteiger partial charge in [-0.3, -0.25) is 4.79 Å². The lowest BCUT2D eigenvalue weighted by molar-refractivity contribution is 0.112. The fourth-order valence-electron chi connectivity index (χ4n) is 1.32. The zero-order valence-corrected chi connectivity index (χ0v) is 7.72. The van der Waals surface area contributed by atoms with Crippen LogP contribution in [0.2, 0.25) is 0 Å². The van der Waals surface area contributed by atoms with E-state index in [4.69, 9.17) is 0 Å². The minimum Gasteiger partial charge on any atom is -0.298 e. The van der Waals surface area contributed by atoms with Crippen molar-refractivity contribution in [2.45, 2.75) is 0 Å². The lowest BCUT2D eigenvalue weighted by atomic mass is 10.0. The number of carbonyl (C=O) groups excluding carboxylic acids is 1. The second-order valence-corrected chi connectivity index (χ2v) is 2.98. The second-order valence-electron chi connectivity index (χ2n) is 2.98. The predicted octanol–water partition coefficient (Wildman–Crippen LogP) is 2.10. The highest BCUT2D eigenvalue weighted by molar-refractivity contribution is 5.87. The number of aromatic nitrogens is 2. The third kappa shape index (κ3) is 1.88. The monoisotopic (exact) mass is 202 g/mol. The van der Waals surface area contributed by atoms with Crippen LogP contribution < -0.4 is 0 Å². The van der Waals surface area contributed by atoms with Crippen LogP contribution in [0.4, 0.5) is 4.39 Å². The summed E-state index contributed by atoms with van der Waals surface area (Å²) in [4.78, 5) is 18.4. The molecule has 0 bridgehead atoms. The molecule has 0 aliphatic carbocycles. The largest absolute Gasteiger partial charge is 0.298 e. The van der Waals surface area contributed by atoms with Crippen LogP contribution in [0.1, 0.15) is 10.4 Å². The Kier molecular flexibility index (Phi) is 2.49. The molecular weight excluding hydrogens is 195 g/mol. The maximum Gasteiger partial charge on any atom is 0.150 e.